The number of halogens is 2. The molecule has 0 aliphatic carbocycles. The highest BCUT2D eigenvalue weighted by Crippen LogP contribution is 2.27. The van der Waals surface area contributed by atoms with Crippen LogP contribution in [0, 0.1) is 11.6 Å². The Labute approximate surface area is 91.7 Å². The summed E-state index contributed by atoms with van der Waals surface area (Å²) in [7, 11) is 0. The summed E-state index contributed by atoms with van der Waals surface area (Å²) in [5, 5.41) is 0. The van der Waals surface area contributed by atoms with E-state index in [0.29, 0.717) is 11.3 Å². The highest BCUT2D eigenvalue weighted by Gasteiger charge is 2.07. The minimum atomic E-state index is -0.871. The first kappa shape index (κ1) is 10.6. The summed E-state index contributed by atoms with van der Waals surface area (Å²) in [5.41, 5.74) is 4.47. The second-order valence-corrected chi connectivity index (χ2v) is 3.32. The van der Waals surface area contributed by atoms with E-state index in [0.717, 1.165) is 17.7 Å². The van der Waals surface area contributed by atoms with Crippen molar-refractivity contribution in [1.82, 2.24) is 0 Å². The normalized spacial score (nSPS) is 10.2. The summed E-state index contributed by atoms with van der Waals surface area (Å²) in [4.78, 5) is 0. The molecular weight excluding hydrogens is 210 g/mol. The summed E-state index contributed by atoms with van der Waals surface area (Å²) in [5.74, 6) is 3.61. The van der Waals surface area contributed by atoms with Gasteiger partial charge >= 0.3 is 0 Å². The number of nitrogens with two attached hydrogens (primary N) is 1. The minimum Gasteiger partial charge on any atom is -0.324 e. The fourth-order valence-electron chi connectivity index (χ4n) is 1.52. The second kappa shape index (κ2) is 4.28. The Morgan fingerprint density at radius 1 is 0.938 bits per heavy atom. The van der Waals surface area contributed by atoms with Crippen molar-refractivity contribution in [1.29, 1.82) is 0 Å². The highest BCUT2D eigenvalue weighted by atomic mass is 19.2. The van der Waals surface area contributed by atoms with E-state index in [9.17, 15) is 8.78 Å². The van der Waals surface area contributed by atoms with Gasteiger partial charge in [-0.05, 0) is 23.8 Å². The molecule has 0 saturated carbocycles. The van der Waals surface area contributed by atoms with Crippen molar-refractivity contribution in [2.75, 3.05) is 5.43 Å². The summed E-state index contributed by atoms with van der Waals surface area (Å²) in [6.45, 7) is 0. The number of nitrogen functional groups attached to an aromatic ring is 1. The van der Waals surface area contributed by atoms with Crippen LogP contribution in [0.4, 0.5) is 14.5 Å². The summed E-state index contributed by atoms with van der Waals surface area (Å²) in [6.07, 6.45) is 0. The molecule has 0 atom stereocenters. The molecule has 0 aromatic heterocycles. The molecule has 0 aliphatic heterocycles. The molecule has 2 aromatic rings. The molecule has 16 heavy (non-hydrogen) atoms. The van der Waals surface area contributed by atoms with Gasteiger partial charge in [0.05, 0.1) is 5.69 Å². The molecule has 4 heteroatoms. The van der Waals surface area contributed by atoms with E-state index in [1.807, 2.05) is 0 Å². The van der Waals surface area contributed by atoms with E-state index < -0.39 is 11.6 Å². The van der Waals surface area contributed by atoms with Gasteiger partial charge in [-0.15, -0.1) is 0 Å². The molecule has 3 N–H and O–H groups in total. The number of hydrogen-bond acceptors (Lipinski definition) is 2. The van der Waals surface area contributed by atoms with Gasteiger partial charge in [-0.2, -0.15) is 0 Å². The van der Waals surface area contributed by atoms with E-state index in [1.165, 1.54) is 6.07 Å². The standard InChI is InChI=1S/C12H10F2N2/c13-10-6-5-8(7-11(10)14)9-3-1-2-4-12(9)16-15/h1-7,16H,15H2. The van der Waals surface area contributed by atoms with Crippen molar-refractivity contribution in [2.24, 2.45) is 5.84 Å². The van der Waals surface area contributed by atoms with Crippen LogP contribution in [0.1, 0.15) is 0 Å². The average Bonchev–Trinajstić information content (AvgIpc) is 2.32. The fraction of sp³-hybridized carbons (Fsp3) is 0. The SMILES string of the molecule is NNc1ccccc1-c1ccc(F)c(F)c1. The predicted octanol–water partition coefficient (Wildman–Crippen LogP) is 2.92. The Kier molecular flexibility index (Phi) is 2.83. The van der Waals surface area contributed by atoms with Gasteiger partial charge in [0.1, 0.15) is 0 Å². The molecule has 0 saturated heterocycles. The Hall–Kier alpha value is -1.94. The fourth-order valence-corrected chi connectivity index (χ4v) is 1.52. The molecule has 0 aliphatic rings. The summed E-state index contributed by atoms with van der Waals surface area (Å²) in [6, 6.07) is 10.9. The van der Waals surface area contributed by atoms with Gasteiger partial charge in [0.15, 0.2) is 11.6 Å². The molecular formula is C12H10F2N2. The molecule has 0 fully saturated rings. The lowest BCUT2D eigenvalue weighted by Crippen LogP contribution is -2.07. The molecule has 0 radical (unpaired) electrons. The quantitative estimate of drug-likeness (QED) is 0.603. The second-order valence-electron chi connectivity index (χ2n) is 3.32. The molecule has 82 valence electrons. The van der Waals surface area contributed by atoms with Gasteiger partial charge in [0.25, 0.3) is 0 Å². The number of benzene rings is 2. The maximum absolute atomic E-state index is 13.1. The van der Waals surface area contributed by atoms with Crippen molar-refractivity contribution >= 4 is 5.69 Å². The van der Waals surface area contributed by atoms with Crippen LogP contribution in [0.3, 0.4) is 0 Å². The van der Waals surface area contributed by atoms with Gasteiger partial charge < -0.3 is 5.43 Å². The van der Waals surface area contributed by atoms with Gasteiger partial charge in [-0.25, -0.2) is 8.78 Å². The van der Waals surface area contributed by atoms with Crippen LogP contribution in [-0.4, -0.2) is 0 Å². The zero-order valence-electron chi connectivity index (χ0n) is 8.37. The number of anilines is 1. The Morgan fingerprint density at radius 3 is 2.38 bits per heavy atom. The molecule has 2 aromatic carbocycles. The topological polar surface area (TPSA) is 38.0 Å². The largest absolute Gasteiger partial charge is 0.324 e. The zero-order chi connectivity index (χ0) is 11.5. The maximum Gasteiger partial charge on any atom is 0.159 e. The third kappa shape index (κ3) is 1.87. The van der Waals surface area contributed by atoms with Crippen molar-refractivity contribution in [3.63, 3.8) is 0 Å². The van der Waals surface area contributed by atoms with Gasteiger partial charge in [-0.1, -0.05) is 24.3 Å². The van der Waals surface area contributed by atoms with Gasteiger partial charge in [0.2, 0.25) is 0 Å². The molecule has 2 rings (SSSR count). The predicted molar refractivity (Wildman–Crippen MR) is 59.6 cm³/mol. The number of para-hydroxylation sites is 1. The van der Waals surface area contributed by atoms with Gasteiger partial charge in [0, 0.05) is 5.56 Å². The number of nitrogens with one attached hydrogen (secondary N) is 1. The van der Waals surface area contributed by atoms with Crippen LogP contribution in [-0.2, 0) is 0 Å². The molecule has 0 unspecified atom stereocenters. The molecule has 0 bridgehead atoms. The highest BCUT2D eigenvalue weighted by molar-refractivity contribution is 5.77. The Bertz CT molecular complexity index is 512. The molecule has 0 heterocycles. The minimum absolute atomic E-state index is 0.576. The first-order valence-corrected chi connectivity index (χ1v) is 4.73. The smallest absolute Gasteiger partial charge is 0.159 e. The van der Waals surface area contributed by atoms with Crippen molar-refractivity contribution < 1.29 is 8.78 Å². The lowest BCUT2D eigenvalue weighted by molar-refractivity contribution is 0.509. The Balaban J connectivity index is 2.54. The van der Waals surface area contributed by atoms with Crippen LogP contribution in [0.2, 0.25) is 0 Å². The van der Waals surface area contributed by atoms with Crippen LogP contribution in [0.5, 0.6) is 0 Å². The third-order valence-corrected chi connectivity index (χ3v) is 2.31. The van der Waals surface area contributed by atoms with E-state index in [1.54, 1.807) is 24.3 Å². The molecule has 0 spiro atoms. The Morgan fingerprint density at radius 2 is 1.69 bits per heavy atom. The van der Waals surface area contributed by atoms with Crippen LogP contribution >= 0.6 is 0 Å². The van der Waals surface area contributed by atoms with E-state index in [2.05, 4.69) is 5.43 Å². The summed E-state index contributed by atoms with van der Waals surface area (Å²) < 4.78 is 25.9. The number of hydrogen-bond donors (Lipinski definition) is 2. The number of hydrazine groups is 1. The van der Waals surface area contributed by atoms with Crippen molar-refractivity contribution in [3.8, 4) is 11.1 Å². The van der Waals surface area contributed by atoms with Crippen molar-refractivity contribution in [2.45, 2.75) is 0 Å². The first-order chi connectivity index (χ1) is 7.72. The maximum atomic E-state index is 13.1. The monoisotopic (exact) mass is 220 g/mol. The summed E-state index contributed by atoms with van der Waals surface area (Å²) >= 11 is 0. The lowest BCUT2D eigenvalue weighted by atomic mass is 10.0. The van der Waals surface area contributed by atoms with Crippen LogP contribution in [0.25, 0.3) is 11.1 Å². The van der Waals surface area contributed by atoms with Crippen LogP contribution < -0.4 is 11.3 Å². The molecule has 0 amide bonds. The van der Waals surface area contributed by atoms with E-state index >= 15 is 0 Å². The molecule has 2 nitrogen and oxygen atoms in total. The third-order valence-electron chi connectivity index (χ3n) is 2.31. The number of rotatable bonds is 2. The van der Waals surface area contributed by atoms with Crippen molar-refractivity contribution in [3.05, 3.63) is 54.1 Å². The van der Waals surface area contributed by atoms with E-state index in [-0.39, 0.29) is 0 Å². The lowest BCUT2D eigenvalue weighted by Gasteiger charge is -2.08. The zero-order valence-corrected chi connectivity index (χ0v) is 8.37. The first-order valence-electron chi connectivity index (χ1n) is 4.73. The van der Waals surface area contributed by atoms with Crippen LogP contribution in [0.15, 0.2) is 42.5 Å². The van der Waals surface area contributed by atoms with E-state index in [4.69, 9.17) is 5.84 Å². The average molecular weight is 220 g/mol. The van der Waals surface area contributed by atoms with Gasteiger partial charge in [-0.3, -0.25) is 5.84 Å².